The number of methoxy groups -OCH3 is 3. The molecule has 0 bridgehead atoms. The fourth-order valence-electron chi connectivity index (χ4n) is 1.83. The SMILES string of the molecule is CC#Cc1cc(Cl)c(C(C(=O)OC)C(=O)OC)c(OC)c1. The number of hydrogen-bond donors (Lipinski definition) is 0. The number of carbonyl (C=O) groups excluding carboxylic acids is 2. The summed E-state index contributed by atoms with van der Waals surface area (Å²) < 4.78 is 14.5. The maximum atomic E-state index is 11.9. The second kappa shape index (κ2) is 7.55. The van der Waals surface area contributed by atoms with E-state index in [1.165, 1.54) is 21.3 Å². The monoisotopic (exact) mass is 310 g/mol. The van der Waals surface area contributed by atoms with Gasteiger partial charge in [-0.05, 0) is 19.1 Å². The van der Waals surface area contributed by atoms with Crippen molar-refractivity contribution in [3.63, 3.8) is 0 Å². The van der Waals surface area contributed by atoms with Crippen molar-refractivity contribution in [2.24, 2.45) is 0 Å². The van der Waals surface area contributed by atoms with Crippen LogP contribution in [0.2, 0.25) is 5.02 Å². The highest BCUT2D eigenvalue weighted by atomic mass is 35.5. The third kappa shape index (κ3) is 3.67. The van der Waals surface area contributed by atoms with E-state index in [4.69, 9.17) is 16.3 Å². The minimum Gasteiger partial charge on any atom is -0.496 e. The molecule has 0 aliphatic rings. The van der Waals surface area contributed by atoms with Crippen molar-refractivity contribution in [1.29, 1.82) is 0 Å². The van der Waals surface area contributed by atoms with Gasteiger partial charge in [0.25, 0.3) is 0 Å². The zero-order valence-electron chi connectivity index (χ0n) is 12.2. The van der Waals surface area contributed by atoms with Crippen LogP contribution in [0, 0.1) is 11.8 Å². The van der Waals surface area contributed by atoms with Crippen molar-refractivity contribution in [2.45, 2.75) is 12.8 Å². The minimum absolute atomic E-state index is 0.174. The molecule has 0 N–H and O–H groups in total. The molecule has 0 aliphatic carbocycles. The summed E-state index contributed by atoms with van der Waals surface area (Å²) in [6.45, 7) is 1.68. The van der Waals surface area contributed by atoms with Crippen LogP contribution in [0.25, 0.3) is 0 Å². The summed E-state index contributed by atoms with van der Waals surface area (Å²) in [5.74, 6) is 2.95. The van der Waals surface area contributed by atoms with Crippen LogP contribution in [-0.4, -0.2) is 33.3 Å². The zero-order chi connectivity index (χ0) is 16.0. The molecule has 0 fully saturated rings. The molecule has 0 saturated heterocycles. The molecule has 112 valence electrons. The van der Waals surface area contributed by atoms with Crippen LogP contribution in [-0.2, 0) is 19.1 Å². The number of hydrogen-bond acceptors (Lipinski definition) is 5. The maximum absolute atomic E-state index is 11.9. The molecule has 6 heteroatoms. The van der Waals surface area contributed by atoms with Crippen molar-refractivity contribution >= 4 is 23.5 Å². The Hall–Kier alpha value is -2.19. The van der Waals surface area contributed by atoms with Gasteiger partial charge < -0.3 is 14.2 Å². The van der Waals surface area contributed by atoms with Gasteiger partial charge in [0.2, 0.25) is 0 Å². The van der Waals surface area contributed by atoms with Crippen molar-refractivity contribution in [2.75, 3.05) is 21.3 Å². The van der Waals surface area contributed by atoms with Crippen LogP contribution >= 0.6 is 11.6 Å². The van der Waals surface area contributed by atoms with Gasteiger partial charge in [0, 0.05) is 11.1 Å². The van der Waals surface area contributed by atoms with Gasteiger partial charge in [-0.15, -0.1) is 5.92 Å². The first-order valence-corrected chi connectivity index (χ1v) is 6.33. The van der Waals surface area contributed by atoms with Gasteiger partial charge in [-0.25, -0.2) is 0 Å². The van der Waals surface area contributed by atoms with Crippen LogP contribution in [0.3, 0.4) is 0 Å². The third-order valence-electron chi connectivity index (χ3n) is 2.74. The van der Waals surface area contributed by atoms with Gasteiger partial charge in [-0.1, -0.05) is 17.5 Å². The Morgan fingerprint density at radius 3 is 2.14 bits per heavy atom. The minimum atomic E-state index is -1.31. The van der Waals surface area contributed by atoms with Crippen molar-refractivity contribution in [3.05, 3.63) is 28.3 Å². The molecule has 0 aliphatic heterocycles. The van der Waals surface area contributed by atoms with Gasteiger partial charge in [-0.2, -0.15) is 0 Å². The Labute approximate surface area is 128 Å². The maximum Gasteiger partial charge on any atom is 0.324 e. The van der Waals surface area contributed by atoms with E-state index < -0.39 is 17.9 Å². The summed E-state index contributed by atoms with van der Waals surface area (Å²) in [4.78, 5) is 23.8. The molecule has 21 heavy (non-hydrogen) atoms. The van der Waals surface area contributed by atoms with Gasteiger partial charge in [0.05, 0.1) is 26.4 Å². The number of esters is 2. The summed E-state index contributed by atoms with van der Waals surface area (Å²) in [6.07, 6.45) is 0. The molecule has 0 saturated carbocycles. The lowest BCUT2D eigenvalue weighted by Crippen LogP contribution is -2.25. The van der Waals surface area contributed by atoms with E-state index in [1.54, 1.807) is 19.1 Å². The lowest BCUT2D eigenvalue weighted by atomic mass is 9.96. The number of ether oxygens (including phenoxy) is 3. The Bertz CT molecular complexity index is 596. The number of halogens is 1. The van der Waals surface area contributed by atoms with Gasteiger partial charge in [0.1, 0.15) is 5.75 Å². The molecule has 0 spiro atoms. The van der Waals surface area contributed by atoms with Crippen LogP contribution in [0.4, 0.5) is 0 Å². The summed E-state index contributed by atoms with van der Waals surface area (Å²) in [5, 5.41) is 0.174. The van der Waals surface area contributed by atoms with E-state index >= 15 is 0 Å². The highest BCUT2D eigenvalue weighted by molar-refractivity contribution is 6.32. The Morgan fingerprint density at radius 1 is 1.14 bits per heavy atom. The van der Waals surface area contributed by atoms with E-state index in [1.807, 2.05) is 0 Å². The molecule has 1 aromatic carbocycles. The number of benzene rings is 1. The first-order chi connectivity index (χ1) is 9.99. The first-order valence-electron chi connectivity index (χ1n) is 5.96. The fourth-order valence-corrected chi connectivity index (χ4v) is 2.15. The van der Waals surface area contributed by atoms with Crippen LogP contribution in [0.5, 0.6) is 5.75 Å². The van der Waals surface area contributed by atoms with Crippen molar-refractivity contribution in [1.82, 2.24) is 0 Å². The molecule has 0 unspecified atom stereocenters. The predicted octanol–water partition coefficient (Wildman–Crippen LogP) is 2.15. The highest BCUT2D eigenvalue weighted by Gasteiger charge is 2.35. The van der Waals surface area contributed by atoms with E-state index in [2.05, 4.69) is 21.3 Å². The Balaban J connectivity index is 3.52. The van der Waals surface area contributed by atoms with Crippen LogP contribution < -0.4 is 4.74 Å². The lowest BCUT2D eigenvalue weighted by molar-refractivity contribution is -0.154. The molecule has 0 amide bonds. The normalized spacial score (nSPS) is 9.62. The zero-order valence-corrected chi connectivity index (χ0v) is 12.9. The smallest absolute Gasteiger partial charge is 0.324 e. The summed E-state index contributed by atoms with van der Waals surface area (Å²) in [7, 11) is 3.76. The molecule has 0 atom stereocenters. The lowest BCUT2D eigenvalue weighted by Gasteiger charge is -2.17. The van der Waals surface area contributed by atoms with E-state index in [0.29, 0.717) is 5.56 Å². The topological polar surface area (TPSA) is 61.8 Å². The molecule has 1 aromatic rings. The molecular formula is C15H15ClO5. The molecule has 0 radical (unpaired) electrons. The average Bonchev–Trinajstić information content (AvgIpc) is 2.48. The Kier molecular flexibility index (Phi) is 6.07. The molecule has 0 heterocycles. The van der Waals surface area contributed by atoms with Crippen molar-refractivity contribution in [3.8, 4) is 17.6 Å². The Morgan fingerprint density at radius 2 is 1.71 bits per heavy atom. The van der Waals surface area contributed by atoms with E-state index in [0.717, 1.165) is 0 Å². The fraction of sp³-hybridized carbons (Fsp3) is 0.333. The highest BCUT2D eigenvalue weighted by Crippen LogP contribution is 2.36. The van der Waals surface area contributed by atoms with Crippen LogP contribution in [0.1, 0.15) is 24.0 Å². The standard InChI is InChI=1S/C15H15ClO5/c1-5-6-9-7-10(16)12(11(8-9)19-2)13(14(17)20-3)15(18)21-4/h7-8,13H,1-4H3. The molecular weight excluding hydrogens is 296 g/mol. The quantitative estimate of drug-likeness (QED) is 0.484. The number of rotatable bonds is 4. The summed E-state index contributed by atoms with van der Waals surface area (Å²) >= 11 is 6.18. The van der Waals surface area contributed by atoms with Gasteiger partial charge in [0.15, 0.2) is 5.92 Å². The second-order valence-corrected chi connectivity index (χ2v) is 4.34. The predicted molar refractivity (Wildman–Crippen MR) is 77.3 cm³/mol. The third-order valence-corrected chi connectivity index (χ3v) is 3.06. The number of carbonyl (C=O) groups is 2. The summed E-state index contributed by atoms with van der Waals surface area (Å²) in [6, 6.07) is 3.14. The van der Waals surface area contributed by atoms with E-state index in [9.17, 15) is 9.59 Å². The second-order valence-electron chi connectivity index (χ2n) is 3.93. The molecule has 5 nitrogen and oxygen atoms in total. The van der Waals surface area contributed by atoms with Gasteiger partial charge in [-0.3, -0.25) is 9.59 Å². The molecule has 1 rings (SSSR count). The summed E-state index contributed by atoms with van der Waals surface area (Å²) in [5.41, 5.74) is 0.802. The van der Waals surface area contributed by atoms with E-state index in [-0.39, 0.29) is 16.3 Å². The van der Waals surface area contributed by atoms with Gasteiger partial charge >= 0.3 is 11.9 Å². The largest absolute Gasteiger partial charge is 0.496 e. The molecule has 0 aromatic heterocycles. The van der Waals surface area contributed by atoms with Crippen LogP contribution in [0.15, 0.2) is 12.1 Å². The first kappa shape index (κ1) is 16.9. The average molecular weight is 311 g/mol. The van der Waals surface area contributed by atoms with Crippen molar-refractivity contribution < 1.29 is 23.8 Å².